The Morgan fingerprint density at radius 1 is 1.00 bits per heavy atom. The van der Waals surface area contributed by atoms with Crippen molar-refractivity contribution in [1.82, 2.24) is 4.98 Å². The number of phenols is 1. The van der Waals surface area contributed by atoms with Gasteiger partial charge in [0.25, 0.3) is 0 Å². The van der Waals surface area contributed by atoms with E-state index in [0.29, 0.717) is 0 Å². The van der Waals surface area contributed by atoms with Gasteiger partial charge in [-0.25, -0.2) is 0 Å². The summed E-state index contributed by atoms with van der Waals surface area (Å²) >= 11 is 0. The van der Waals surface area contributed by atoms with Crippen molar-refractivity contribution < 1.29 is 5.11 Å². The van der Waals surface area contributed by atoms with Gasteiger partial charge in [0, 0.05) is 28.9 Å². The van der Waals surface area contributed by atoms with Crippen LogP contribution in [0.15, 0.2) is 48.8 Å². The SMILES string of the molecule is Nc1ccc(-c2cccc(O)c2)c2c[nH]cc12. The van der Waals surface area contributed by atoms with E-state index in [4.69, 9.17) is 5.73 Å². The van der Waals surface area contributed by atoms with Crippen LogP contribution in [0.1, 0.15) is 0 Å². The molecule has 17 heavy (non-hydrogen) atoms. The molecule has 0 fully saturated rings. The fraction of sp³-hybridized carbons (Fsp3) is 0. The summed E-state index contributed by atoms with van der Waals surface area (Å²) in [4.78, 5) is 3.06. The molecule has 0 unspecified atom stereocenters. The van der Waals surface area contributed by atoms with Crippen LogP contribution >= 0.6 is 0 Å². The van der Waals surface area contributed by atoms with Gasteiger partial charge in [0.1, 0.15) is 5.75 Å². The van der Waals surface area contributed by atoms with Gasteiger partial charge in [-0.1, -0.05) is 18.2 Å². The van der Waals surface area contributed by atoms with E-state index < -0.39 is 0 Å². The van der Waals surface area contributed by atoms with Gasteiger partial charge in [0.2, 0.25) is 0 Å². The average Bonchev–Trinajstić information content (AvgIpc) is 2.79. The normalized spacial score (nSPS) is 10.8. The Kier molecular flexibility index (Phi) is 2.05. The fourth-order valence-electron chi connectivity index (χ4n) is 2.10. The van der Waals surface area contributed by atoms with Gasteiger partial charge in [-0.3, -0.25) is 0 Å². The highest BCUT2D eigenvalue weighted by molar-refractivity contribution is 6.02. The Bertz CT molecular complexity index is 686. The number of benzene rings is 2. The smallest absolute Gasteiger partial charge is 0.116 e. The van der Waals surface area contributed by atoms with Gasteiger partial charge in [-0.05, 0) is 29.3 Å². The number of hydrogen-bond acceptors (Lipinski definition) is 2. The molecule has 0 atom stereocenters. The molecule has 2 aromatic carbocycles. The number of H-pyrrole nitrogens is 1. The Labute approximate surface area is 98.5 Å². The van der Waals surface area contributed by atoms with Gasteiger partial charge >= 0.3 is 0 Å². The standard InChI is InChI=1S/C14H12N2O/c15-14-5-4-11(12-7-16-8-13(12)14)9-2-1-3-10(17)6-9/h1-8,16-17H,15H2. The number of aromatic hydroxyl groups is 1. The highest BCUT2D eigenvalue weighted by Gasteiger charge is 2.07. The number of anilines is 1. The van der Waals surface area contributed by atoms with E-state index in [-0.39, 0.29) is 5.75 Å². The minimum absolute atomic E-state index is 0.267. The van der Waals surface area contributed by atoms with Crippen LogP contribution in [0.2, 0.25) is 0 Å². The number of aromatic amines is 1. The van der Waals surface area contributed by atoms with Crippen LogP contribution < -0.4 is 5.73 Å². The number of hydrogen-bond donors (Lipinski definition) is 3. The van der Waals surface area contributed by atoms with E-state index in [9.17, 15) is 5.11 Å². The molecule has 1 aromatic heterocycles. The molecule has 0 spiro atoms. The second kappa shape index (κ2) is 3.56. The minimum Gasteiger partial charge on any atom is -0.508 e. The molecular formula is C14H12N2O. The van der Waals surface area contributed by atoms with Gasteiger partial charge in [0.15, 0.2) is 0 Å². The van der Waals surface area contributed by atoms with E-state index in [1.54, 1.807) is 12.1 Å². The molecule has 0 saturated carbocycles. The first kappa shape index (κ1) is 9.78. The Hall–Kier alpha value is -2.42. The van der Waals surface area contributed by atoms with E-state index in [1.807, 2.05) is 36.7 Å². The molecule has 0 aliphatic rings. The van der Waals surface area contributed by atoms with Crippen molar-refractivity contribution in [2.45, 2.75) is 0 Å². The molecule has 3 nitrogen and oxygen atoms in total. The van der Waals surface area contributed by atoms with Crippen LogP contribution in [0.25, 0.3) is 21.9 Å². The molecular weight excluding hydrogens is 212 g/mol. The van der Waals surface area contributed by atoms with Crippen LogP contribution in [-0.4, -0.2) is 10.1 Å². The molecule has 84 valence electrons. The number of fused-ring (bicyclic) bond motifs is 1. The summed E-state index contributed by atoms with van der Waals surface area (Å²) < 4.78 is 0. The van der Waals surface area contributed by atoms with Crippen molar-refractivity contribution in [2.75, 3.05) is 5.73 Å². The molecule has 1 heterocycles. The summed E-state index contributed by atoms with van der Waals surface area (Å²) in [6, 6.07) is 11.1. The van der Waals surface area contributed by atoms with E-state index in [0.717, 1.165) is 27.6 Å². The predicted octanol–water partition coefficient (Wildman–Crippen LogP) is 3.12. The monoisotopic (exact) mass is 224 g/mol. The summed E-state index contributed by atoms with van der Waals surface area (Å²) in [7, 11) is 0. The van der Waals surface area contributed by atoms with E-state index >= 15 is 0 Å². The lowest BCUT2D eigenvalue weighted by atomic mass is 10.00. The van der Waals surface area contributed by atoms with Crippen LogP contribution in [0.5, 0.6) is 5.75 Å². The first-order valence-corrected chi connectivity index (χ1v) is 5.40. The lowest BCUT2D eigenvalue weighted by molar-refractivity contribution is 0.475. The average molecular weight is 224 g/mol. The van der Waals surface area contributed by atoms with Crippen molar-refractivity contribution in [3.63, 3.8) is 0 Å². The van der Waals surface area contributed by atoms with Crippen molar-refractivity contribution in [2.24, 2.45) is 0 Å². The van der Waals surface area contributed by atoms with E-state index in [1.165, 1.54) is 0 Å². The lowest BCUT2D eigenvalue weighted by Gasteiger charge is -2.06. The lowest BCUT2D eigenvalue weighted by Crippen LogP contribution is -1.86. The number of rotatable bonds is 1. The summed E-state index contributed by atoms with van der Waals surface area (Å²) in [5, 5.41) is 11.6. The second-order valence-corrected chi connectivity index (χ2v) is 4.04. The molecule has 0 bridgehead atoms. The third kappa shape index (κ3) is 1.52. The van der Waals surface area contributed by atoms with Crippen LogP contribution in [-0.2, 0) is 0 Å². The third-order valence-corrected chi connectivity index (χ3v) is 2.93. The zero-order valence-electron chi connectivity index (χ0n) is 9.14. The molecule has 3 heteroatoms. The molecule has 3 rings (SSSR count). The molecule has 4 N–H and O–H groups in total. The number of aromatic nitrogens is 1. The quantitative estimate of drug-likeness (QED) is 0.556. The Balaban J connectivity index is 2.31. The van der Waals surface area contributed by atoms with Crippen LogP contribution in [0.4, 0.5) is 5.69 Å². The van der Waals surface area contributed by atoms with Crippen molar-refractivity contribution in [3.05, 3.63) is 48.8 Å². The van der Waals surface area contributed by atoms with Gasteiger partial charge in [-0.15, -0.1) is 0 Å². The van der Waals surface area contributed by atoms with Crippen molar-refractivity contribution >= 4 is 16.5 Å². The minimum atomic E-state index is 0.267. The predicted molar refractivity (Wildman–Crippen MR) is 69.8 cm³/mol. The third-order valence-electron chi connectivity index (χ3n) is 2.93. The fourth-order valence-corrected chi connectivity index (χ4v) is 2.10. The zero-order chi connectivity index (χ0) is 11.8. The van der Waals surface area contributed by atoms with Crippen molar-refractivity contribution in [3.8, 4) is 16.9 Å². The molecule has 3 aromatic rings. The number of phenolic OH excluding ortho intramolecular Hbond substituents is 1. The highest BCUT2D eigenvalue weighted by atomic mass is 16.3. The van der Waals surface area contributed by atoms with Crippen molar-refractivity contribution in [1.29, 1.82) is 0 Å². The Morgan fingerprint density at radius 3 is 2.65 bits per heavy atom. The van der Waals surface area contributed by atoms with Gasteiger partial charge in [-0.2, -0.15) is 0 Å². The summed E-state index contributed by atoms with van der Waals surface area (Å²) in [6.07, 6.45) is 3.81. The first-order valence-electron chi connectivity index (χ1n) is 5.40. The van der Waals surface area contributed by atoms with Gasteiger partial charge in [0.05, 0.1) is 0 Å². The maximum absolute atomic E-state index is 9.52. The van der Waals surface area contributed by atoms with E-state index in [2.05, 4.69) is 4.98 Å². The van der Waals surface area contributed by atoms with Crippen LogP contribution in [0, 0.1) is 0 Å². The van der Waals surface area contributed by atoms with Crippen LogP contribution in [0.3, 0.4) is 0 Å². The van der Waals surface area contributed by atoms with Gasteiger partial charge < -0.3 is 15.8 Å². The number of nitrogens with one attached hydrogen (secondary N) is 1. The zero-order valence-corrected chi connectivity index (χ0v) is 9.14. The molecule has 0 amide bonds. The largest absolute Gasteiger partial charge is 0.508 e. The molecule has 0 aliphatic heterocycles. The molecule has 0 saturated heterocycles. The second-order valence-electron chi connectivity index (χ2n) is 4.04. The maximum Gasteiger partial charge on any atom is 0.116 e. The summed E-state index contributed by atoms with van der Waals surface area (Å²) in [5.41, 5.74) is 8.71. The highest BCUT2D eigenvalue weighted by Crippen LogP contribution is 2.32. The number of nitrogens with two attached hydrogens (primary N) is 1. The number of nitrogen functional groups attached to an aromatic ring is 1. The summed E-state index contributed by atoms with van der Waals surface area (Å²) in [5.74, 6) is 0.267. The Morgan fingerprint density at radius 2 is 1.82 bits per heavy atom. The molecule has 0 aliphatic carbocycles. The first-order chi connectivity index (χ1) is 8.25. The summed E-state index contributed by atoms with van der Waals surface area (Å²) in [6.45, 7) is 0. The maximum atomic E-state index is 9.52. The topological polar surface area (TPSA) is 62.0 Å². The molecule has 0 radical (unpaired) electrons.